The molecule has 2 atom stereocenters. The molecule has 1 aromatic carbocycles. The van der Waals surface area contributed by atoms with Crippen molar-refractivity contribution in [1.82, 2.24) is 15.1 Å². The fraction of sp³-hybridized carbons (Fsp3) is 0.438. The van der Waals surface area contributed by atoms with Crippen LogP contribution in [-0.4, -0.2) is 15.8 Å². The molecule has 3 nitrogen and oxygen atoms in total. The minimum atomic E-state index is 0.351. The molecule has 19 heavy (non-hydrogen) atoms. The van der Waals surface area contributed by atoms with E-state index in [1.807, 2.05) is 29.1 Å². The van der Waals surface area contributed by atoms with E-state index in [1.54, 1.807) is 0 Å². The predicted octanol–water partition coefficient (Wildman–Crippen LogP) is 3.32. The summed E-state index contributed by atoms with van der Waals surface area (Å²) in [4.78, 5) is 0. The molecule has 1 aliphatic rings. The lowest BCUT2D eigenvalue weighted by molar-refractivity contribution is 0.492. The third-order valence-electron chi connectivity index (χ3n) is 4.09. The normalized spacial score (nSPS) is 22.2. The van der Waals surface area contributed by atoms with Crippen LogP contribution in [0.1, 0.15) is 38.8 Å². The average Bonchev–Trinajstić information content (AvgIpc) is 2.83. The molecule has 0 aliphatic heterocycles. The quantitative estimate of drug-likeness (QED) is 0.908. The molecule has 2 aromatic rings. The van der Waals surface area contributed by atoms with Crippen LogP contribution < -0.4 is 5.32 Å². The number of para-hydroxylation sites is 1. The van der Waals surface area contributed by atoms with Gasteiger partial charge in [0.05, 0.1) is 11.9 Å². The summed E-state index contributed by atoms with van der Waals surface area (Å²) in [6.07, 6.45) is 5.34. The molecule has 0 amide bonds. The zero-order valence-electron chi connectivity index (χ0n) is 11.8. The Balaban J connectivity index is 1.71. The van der Waals surface area contributed by atoms with Gasteiger partial charge in [-0.3, -0.25) is 0 Å². The first kappa shape index (κ1) is 12.4. The lowest BCUT2D eigenvalue weighted by Crippen LogP contribution is -2.23. The van der Waals surface area contributed by atoms with Crippen LogP contribution in [0.15, 0.2) is 42.7 Å². The zero-order valence-corrected chi connectivity index (χ0v) is 11.8. The maximum atomic E-state index is 4.45. The summed E-state index contributed by atoms with van der Waals surface area (Å²) in [7, 11) is 0. The first-order valence-electron chi connectivity index (χ1n) is 6.92. The number of hydrogen-bond donors (Lipinski definition) is 1. The van der Waals surface area contributed by atoms with Gasteiger partial charge in [0.2, 0.25) is 0 Å². The minimum Gasteiger partial charge on any atom is -0.307 e. The van der Waals surface area contributed by atoms with Crippen molar-refractivity contribution in [1.29, 1.82) is 0 Å². The van der Waals surface area contributed by atoms with Gasteiger partial charge in [-0.2, -0.15) is 5.10 Å². The standard InChI is InChI=1S/C16H21N3/c1-12(18-15-9-16(15,2)3)13-10-17-19(11-13)14-7-5-4-6-8-14/h4-8,10-12,15,18H,9H2,1-3H3. The molecule has 1 fully saturated rings. The first-order valence-corrected chi connectivity index (χ1v) is 6.92. The number of benzene rings is 1. The van der Waals surface area contributed by atoms with E-state index in [-0.39, 0.29) is 0 Å². The van der Waals surface area contributed by atoms with Crippen molar-refractivity contribution >= 4 is 0 Å². The van der Waals surface area contributed by atoms with E-state index in [4.69, 9.17) is 0 Å². The van der Waals surface area contributed by atoms with Crippen LogP contribution in [-0.2, 0) is 0 Å². The third kappa shape index (κ3) is 2.56. The summed E-state index contributed by atoms with van der Waals surface area (Å²) in [5, 5.41) is 8.12. The zero-order chi connectivity index (χ0) is 13.5. The molecule has 3 rings (SSSR count). The summed E-state index contributed by atoms with van der Waals surface area (Å²) in [5.74, 6) is 0. The molecule has 0 saturated heterocycles. The summed E-state index contributed by atoms with van der Waals surface area (Å²) in [5.41, 5.74) is 2.81. The van der Waals surface area contributed by atoms with Crippen LogP contribution in [0.4, 0.5) is 0 Å². The van der Waals surface area contributed by atoms with E-state index >= 15 is 0 Å². The largest absolute Gasteiger partial charge is 0.307 e. The van der Waals surface area contributed by atoms with Gasteiger partial charge < -0.3 is 5.32 Å². The number of hydrogen-bond acceptors (Lipinski definition) is 2. The van der Waals surface area contributed by atoms with Crippen molar-refractivity contribution in [2.24, 2.45) is 5.41 Å². The van der Waals surface area contributed by atoms with Gasteiger partial charge in [0, 0.05) is 23.8 Å². The highest BCUT2D eigenvalue weighted by Gasteiger charge is 2.45. The van der Waals surface area contributed by atoms with E-state index in [9.17, 15) is 0 Å². The number of nitrogens with one attached hydrogen (secondary N) is 1. The van der Waals surface area contributed by atoms with Crippen molar-refractivity contribution in [3.05, 3.63) is 48.3 Å². The molecule has 0 bridgehead atoms. The Morgan fingerprint density at radius 3 is 2.63 bits per heavy atom. The summed E-state index contributed by atoms with van der Waals surface area (Å²) in [6, 6.07) is 11.2. The highest BCUT2D eigenvalue weighted by molar-refractivity contribution is 5.31. The molecule has 100 valence electrons. The van der Waals surface area contributed by atoms with Crippen molar-refractivity contribution < 1.29 is 0 Å². The lowest BCUT2D eigenvalue weighted by Gasteiger charge is -2.13. The first-order chi connectivity index (χ1) is 9.06. The van der Waals surface area contributed by atoms with E-state index < -0.39 is 0 Å². The van der Waals surface area contributed by atoms with E-state index in [1.165, 1.54) is 12.0 Å². The van der Waals surface area contributed by atoms with Crippen molar-refractivity contribution in [3.8, 4) is 5.69 Å². The molecule has 1 saturated carbocycles. The molecule has 1 N–H and O–H groups in total. The van der Waals surface area contributed by atoms with E-state index in [2.05, 4.69) is 49.5 Å². The van der Waals surface area contributed by atoms with Crippen LogP contribution in [0.2, 0.25) is 0 Å². The molecule has 1 aromatic heterocycles. The van der Waals surface area contributed by atoms with Crippen LogP contribution in [0.25, 0.3) is 5.69 Å². The van der Waals surface area contributed by atoms with E-state index in [0.29, 0.717) is 17.5 Å². The summed E-state index contributed by atoms with van der Waals surface area (Å²) >= 11 is 0. The Bertz CT molecular complexity index is 556. The Hall–Kier alpha value is -1.61. The smallest absolute Gasteiger partial charge is 0.0645 e. The van der Waals surface area contributed by atoms with Gasteiger partial charge >= 0.3 is 0 Å². The maximum Gasteiger partial charge on any atom is 0.0645 e. The predicted molar refractivity (Wildman–Crippen MR) is 77.3 cm³/mol. The number of rotatable bonds is 4. The monoisotopic (exact) mass is 255 g/mol. The molecule has 3 heteroatoms. The Morgan fingerprint density at radius 2 is 2.00 bits per heavy atom. The van der Waals surface area contributed by atoms with Gasteiger partial charge in [-0.05, 0) is 30.9 Å². The van der Waals surface area contributed by atoms with Gasteiger partial charge in [0.1, 0.15) is 0 Å². The number of nitrogens with zero attached hydrogens (tertiary/aromatic N) is 2. The topological polar surface area (TPSA) is 29.9 Å². The highest BCUT2D eigenvalue weighted by Crippen LogP contribution is 2.45. The van der Waals surface area contributed by atoms with Crippen LogP contribution in [0.5, 0.6) is 0 Å². The second-order valence-corrected chi connectivity index (χ2v) is 6.19. The summed E-state index contributed by atoms with van der Waals surface area (Å²) in [6.45, 7) is 6.83. The summed E-state index contributed by atoms with van der Waals surface area (Å²) < 4.78 is 1.94. The second kappa shape index (κ2) is 4.49. The highest BCUT2D eigenvalue weighted by atomic mass is 15.3. The fourth-order valence-corrected chi connectivity index (χ4v) is 2.43. The second-order valence-electron chi connectivity index (χ2n) is 6.19. The Labute approximate surface area is 114 Å². The van der Waals surface area contributed by atoms with Gasteiger partial charge in [-0.15, -0.1) is 0 Å². The fourth-order valence-electron chi connectivity index (χ4n) is 2.43. The molecule has 1 heterocycles. The van der Waals surface area contributed by atoms with Gasteiger partial charge in [-0.25, -0.2) is 4.68 Å². The third-order valence-corrected chi connectivity index (χ3v) is 4.09. The van der Waals surface area contributed by atoms with Gasteiger partial charge in [0.25, 0.3) is 0 Å². The van der Waals surface area contributed by atoms with Crippen LogP contribution in [0.3, 0.4) is 0 Å². The van der Waals surface area contributed by atoms with Gasteiger partial charge in [-0.1, -0.05) is 32.0 Å². The van der Waals surface area contributed by atoms with Gasteiger partial charge in [0.15, 0.2) is 0 Å². The molecular weight excluding hydrogens is 234 g/mol. The van der Waals surface area contributed by atoms with Crippen molar-refractivity contribution in [2.45, 2.75) is 39.3 Å². The molecule has 0 radical (unpaired) electrons. The van der Waals surface area contributed by atoms with E-state index in [0.717, 1.165) is 5.69 Å². The van der Waals surface area contributed by atoms with Crippen molar-refractivity contribution in [2.75, 3.05) is 0 Å². The Kier molecular flexibility index (Phi) is 2.94. The molecule has 1 aliphatic carbocycles. The maximum absolute atomic E-state index is 4.45. The SMILES string of the molecule is CC(NC1CC1(C)C)c1cnn(-c2ccccc2)c1. The average molecular weight is 255 g/mol. The minimum absolute atomic E-state index is 0.351. The van der Waals surface area contributed by atoms with Crippen LogP contribution in [0, 0.1) is 5.41 Å². The Morgan fingerprint density at radius 1 is 1.32 bits per heavy atom. The lowest BCUT2D eigenvalue weighted by atomic mass is 10.1. The number of aromatic nitrogens is 2. The molecule has 2 unspecified atom stereocenters. The molecular formula is C16H21N3. The molecule has 0 spiro atoms. The van der Waals surface area contributed by atoms with Crippen molar-refractivity contribution in [3.63, 3.8) is 0 Å². The van der Waals surface area contributed by atoms with Crippen LogP contribution >= 0.6 is 0 Å².